The minimum atomic E-state index is -0.963. The summed E-state index contributed by atoms with van der Waals surface area (Å²) in [4.78, 5) is 13.1. The molecule has 2 aliphatic rings. The molecule has 0 radical (unpaired) electrons. The fourth-order valence-corrected chi connectivity index (χ4v) is 3.29. The summed E-state index contributed by atoms with van der Waals surface area (Å²) in [5.74, 6) is -0.399. The predicted molar refractivity (Wildman–Crippen MR) is 83.9 cm³/mol. The number of carboxylic acids is 1. The summed E-state index contributed by atoms with van der Waals surface area (Å²) >= 11 is 0. The number of aromatic carboxylic acids is 1. The van der Waals surface area contributed by atoms with E-state index in [1.165, 1.54) is 18.6 Å². The number of aliphatic hydroxyl groups excluding tert-OH is 1. The van der Waals surface area contributed by atoms with Gasteiger partial charge in [0.05, 0.1) is 18.8 Å². The Morgan fingerprint density at radius 3 is 2.70 bits per heavy atom. The van der Waals surface area contributed by atoms with Crippen LogP contribution in [0.4, 0.5) is 0 Å². The van der Waals surface area contributed by atoms with E-state index < -0.39 is 12.1 Å². The number of hydrogen-bond acceptors (Lipinski definition) is 5. The molecule has 1 aliphatic carbocycles. The van der Waals surface area contributed by atoms with Gasteiger partial charge in [-0.25, -0.2) is 4.79 Å². The van der Waals surface area contributed by atoms with Crippen LogP contribution in [0, 0.1) is 0 Å². The van der Waals surface area contributed by atoms with Gasteiger partial charge in [0.15, 0.2) is 0 Å². The Bertz CT molecular complexity index is 540. The number of rotatable bonds is 6. The van der Waals surface area contributed by atoms with Gasteiger partial charge in [-0.2, -0.15) is 0 Å². The molecule has 23 heavy (non-hydrogen) atoms. The van der Waals surface area contributed by atoms with Gasteiger partial charge in [-0.1, -0.05) is 0 Å². The molecule has 0 amide bonds. The molecule has 1 aliphatic heterocycles. The summed E-state index contributed by atoms with van der Waals surface area (Å²) in [6.45, 7) is 3.10. The lowest BCUT2D eigenvalue weighted by Gasteiger charge is -2.53. The lowest BCUT2D eigenvalue weighted by Crippen LogP contribution is -2.62. The van der Waals surface area contributed by atoms with E-state index in [9.17, 15) is 9.90 Å². The maximum absolute atomic E-state index is 10.8. The highest BCUT2D eigenvalue weighted by molar-refractivity contribution is 5.87. The van der Waals surface area contributed by atoms with E-state index in [0.29, 0.717) is 18.9 Å². The van der Waals surface area contributed by atoms with Gasteiger partial charge < -0.3 is 19.7 Å². The van der Waals surface area contributed by atoms with Gasteiger partial charge >= 0.3 is 5.97 Å². The van der Waals surface area contributed by atoms with Crippen LogP contribution in [0.25, 0.3) is 0 Å². The average Bonchev–Trinajstić information content (AvgIpc) is 2.52. The molecular weight excluding hydrogens is 298 g/mol. The fourth-order valence-electron chi connectivity index (χ4n) is 3.29. The van der Waals surface area contributed by atoms with E-state index in [-0.39, 0.29) is 17.7 Å². The normalized spacial score (nSPS) is 21.6. The molecule has 1 aromatic carbocycles. The van der Waals surface area contributed by atoms with Gasteiger partial charge in [0.25, 0.3) is 0 Å². The third-order valence-corrected chi connectivity index (χ3v) is 4.81. The molecule has 6 heteroatoms. The molecule has 2 fully saturated rings. The molecule has 1 atom stereocenters. The lowest BCUT2D eigenvalue weighted by atomic mass is 9.75. The van der Waals surface area contributed by atoms with E-state index in [1.807, 2.05) is 0 Å². The topological polar surface area (TPSA) is 79.2 Å². The van der Waals surface area contributed by atoms with Crippen molar-refractivity contribution in [3.8, 4) is 5.75 Å². The van der Waals surface area contributed by atoms with Crippen LogP contribution in [-0.2, 0) is 4.74 Å². The molecule has 1 aromatic rings. The second-order valence-corrected chi connectivity index (χ2v) is 6.37. The number of aliphatic hydroxyl groups is 1. The zero-order valence-corrected chi connectivity index (χ0v) is 13.1. The second kappa shape index (κ2) is 6.86. The molecular formula is C17H23NO5. The number of morpholine rings is 1. The van der Waals surface area contributed by atoms with E-state index in [1.54, 1.807) is 12.1 Å². The SMILES string of the molecule is O=C(O)c1ccc(OCC(O)CN2CCOCC23CCC3)cc1. The number of nitrogens with zero attached hydrogens (tertiary/aromatic N) is 1. The molecule has 0 bridgehead atoms. The first-order valence-corrected chi connectivity index (χ1v) is 8.06. The van der Waals surface area contributed by atoms with Crippen LogP contribution in [-0.4, -0.2) is 65.6 Å². The third-order valence-electron chi connectivity index (χ3n) is 4.81. The number of benzene rings is 1. The van der Waals surface area contributed by atoms with Gasteiger partial charge in [-0.3, -0.25) is 4.90 Å². The summed E-state index contributed by atoms with van der Waals surface area (Å²) in [6.07, 6.45) is 2.92. The lowest BCUT2D eigenvalue weighted by molar-refractivity contribution is -0.120. The Morgan fingerprint density at radius 2 is 2.09 bits per heavy atom. The highest BCUT2D eigenvalue weighted by atomic mass is 16.5. The minimum Gasteiger partial charge on any atom is -0.491 e. The van der Waals surface area contributed by atoms with Crippen molar-refractivity contribution in [2.24, 2.45) is 0 Å². The maximum atomic E-state index is 10.8. The third kappa shape index (κ3) is 3.65. The molecule has 3 rings (SSSR count). The number of β-amino-alcohol motifs (C(OH)–C–C–N with tert-alkyl or cyclic N) is 1. The van der Waals surface area contributed by atoms with Crippen LogP contribution >= 0.6 is 0 Å². The molecule has 1 saturated heterocycles. The predicted octanol–water partition coefficient (Wildman–Crippen LogP) is 1.38. The van der Waals surface area contributed by atoms with Gasteiger partial charge in [-0.05, 0) is 43.5 Å². The summed E-state index contributed by atoms with van der Waals surface area (Å²) in [5, 5.41) is 19.1. The van der Waals surface area contributed by atoms with Crippen molar-refractivity contribution in [1.82, 2.24) is 4.90 Å². The Morgan fingerprint density at radius 1 is 1.35 bits per heavy atom. The first kappa shape index (κ1) is 16.2. The monoisotopic (exact) mass is 321 g/mol. The second-order valence-electron chi connectivity index (χ2n) is 6.37. The van der Waals surface area contributed by atoms with Crippen LogP contribution in [0.5, 0.6) is 5.75 Å². The summed E-state index contributed by atoms with van der Waals surface area (Å²) < 4.78 is 11.2. The highest BCUT2D eigenvalue weighted by Crippen LogP contribution is 2.39. The molecule has 126 valence electrons. The van der Waals surface area contributed by atoms with Crippen molar-refractivity contribution in [1.29, 1.82) is 0 Å². The zero-order chi connectivity index (χ0) is 16.3. The highest BCUT2D eigenvalue weighted by Gasteiger charge is 2.44. The van der Waals surface area contributed by atoms with Gasteiger partial charge in [-0.15, -0.1) is 0 Å². The first-order valence-electron chi connectivity index (χ1n) is 8.06. The van der Waals surface area contributed by atoms with Crippen LogP contribution in [0.2, 0.25) is 0 Å². The number of carbonyl (C=O) groups is 1. The largest absolute Gasteiger partial charge is 0.491 e. The van der Waals surface area contributed by atoms with Crippen LogP contribution < -0.4 is 4.74 Å². The average molecular weight is 321 g/mol. The van der Waals surface area contributed by atoms with Gasteiger partial charge in [0.1, 0.15) is 18.5 Å². The minimum absolute atomic E-state index is 0.127. The molecule has 1 spiro atoms. The Labute approximate surface area is 135 Å². The first-order chi connectivity index (χ1) is 11.1. The number of ether oxygens (including phenoxy) is 2. The molecule has 6 nitrogen and oxygen atoms in total. The van der Waals surface area contributed by atoms with Crippen LogP contribution in [0.3, 0.4) is 0 Å². The van der Waals surface area contributed by atoms with Crippen LogP contribution in [0.1, 0.15) is 29.6 Å². The number of carboxylic acid groups (broad SMARTS) is 1. The van der Waals surface area contributed by atoms with Crippen molar-refractivity contribution in [3.63, 3.8) is 0 Å². The zero-order valence-electron chi connectivity index (χ0n) is 13.1. The Balaban J connectivity index is 1.49. The quantitative estimate of drug-likeness (QED) is 0.824. The van der Waals surface area contributed by atoms with Gasteiger partial charge in [0.2, 0.25) is 0 Å². The smallest absolute Gasteiger partial charge is 0.335 e. The summed E-state index contributed by atoms with van der Waals surface area (Å²) in [7, 11) is 0. The maximum Gasteiger partial charge on any atom is 0.335 e. The molecule has 1 unspecified atom stereocenters. The van der Waals surface area contributed by atoms with Crippen LogP contribution in [0.15, 0.2) is 24.3 Å². The Kier molecular flexibility index (Phi) is 4.84. The van der Waals surface area contributed by atoms with Crippen molar-refractivity contribution >= 4 is 5.97 Å². The standard InChI is InChI=1S/C17H23NO5/c19-14(10-18-8-9-22-12-17(18)6-1-7-17)11-23-15-4-2-13(3-5-15)16(20)21/h2-5,14,19H,1,6-12H2,(H,20,21). The molecule has 1 heterocycles. The van der Waals surface area contributed by atoms with Crippen molar-refractivity contribution < 1.29 is 24.5 Å². The van der Waals surface area contributed by atoms with Crippen molar-refractivity contribution in [2.75, 3.05) is 32.9 Å². The van der Waals surface area contributed by atoms with Gasteiger partial charge in [0, 0.05) is 18.6 Å². The van der Waals surface area contributed by atoms with Crippen molar-refractivity contribution in [2.45, 2.75) is 30.9 Å². The summed E-state index contributed by atoms with van der Waals surface area (Å²) in [6, 6.07) is 6.21. The fraction of sp³-hybridized carbons (Fsp3) is 0.588. The molecule has 0 aromatic heterocycles. The van der Waals surface area contributed by atoms with E-state index in [2.05, 4.69) is 4.90 Å². The van der Waals surface area contributed by atoms with Crippen molar-refractivity contribution in [3.05, 3.63) is 29.8 Å². The van der Waals surface area contributed by atoms with E-state index in [0.717, 1.165) is 26.0 Å². The van der Waals surface area contributed by atoms with E-state index >= 15 is 0 Å². The molecule has 2 N–H and O–H groups in total. The number of hydrogen-bond donors (Lipinski definition) is 2. The summed E-state index contributed by atoms with van der Waals surface area (Å²) in [5.41, 5.74) is 0.348. The molecule has 1 saturated carbocycles. The van der Waals surface area contributed by atoms with E-state index in [4.69, 9.17) is 14.6 Å². The Hall–Kier alpha value is -1.63.